The van der Waals surface area contributed by atoms with E-state index in [1.54, 1.807) is 24.4 Å². The Balaban J connectivity index is 1.20. The highest BCUT2D eigenvalue weighted by molar-refractivity contribution is 6.04. The predicted molar refractivity (Wildman–Crippen MR) is 106 cm³/mol. The average molecular weight is 398 g/mol. The molecule has 1 aromatic carbocycles. The summed E-state index contributed by atoms with van der Waals surface area (Å²) in [7, 11) is 0. The van der Waals surface area contributed by atoms with Crippen molar-refractivity contribution in [3.05, 3.63) is 36.0 Å². The summed E-state index contributed by atoms with van der Waals surface area (Å²) in [5.74, 6) is 1.82. The van der Waals surface area contributed by atoms with E-state index >= 15 is 0 Å². The lowest BCUT2D eigenvalue weighted by Crippen LogP contribution is -2.39. The Morgan fingerprint density at radius 2 is 2.00 bits per heavy atom. The van der Waals surface area contributed by atoms with Crippen LogP contribution < -0.4 is 14.8 Å². The van der Waals surface area contributed by atoms with Gasteiger partial charge in [0.25, 0.3) is 5.91 Å². The zero-order chi connectivity index (χ0) is 19.6. The molecule has 3 aliphatic heterocycles. The molecule has 0 spiro atoms. The number of anilines is 1. The molecule has 0 unspecified atom stereocenters. The number of piperidine rings is 1. The Morgan fingerprint density at radius 3 is 2.83 bits per heavy atom. The van der Waals surface area contributed by atoms with Crippen LogP contribution >= 0.6 is 0 Å². The number of amides is 1. The van der Waals surface area contributed by atoms with Gasteiger partial charge in [0.15, 0.2) is 11.5 Å². The molecular formula is C21H26N4O4. The number of benzene rings is 1. The van der Waals surface area contributed by atoms with E-state index in [-0.39, 0.29) is 18.7 Å². The summed E-state index contributed by atoms with van der Waals surface area (Å²) in [6.07, 6.45) is 6.53. The highest BCUT2D eigenvalue weighted by Gasteiger charge is 2.26. The van der Waals surface area contributed by atoms with Gasteiger partial charge in [-0.25, -0.2) is 4.68 Å². The summed E-state index contributed by atoms with van der Waals surface area (Å²) in [5, 5.41) is 7.48. The topological polar surface area (TPSA) is 77.9 Å². The van der Waals surface area contributed by atoms with Crippen LogP contribution in [0.2, 0.25) is 0 Å². The van der Waals surface area contributed by atoms with Crippen LogP contribution in [0.5, 0.6) is 11.5 Å². The predicted octanol–water partition coefficient (Wildman–Crippen LogP) is 2.68. The molecule has 0 radical (unpaired) electrons. The minimum Gasteiger partial charge on any atom is -0.454 e. The molecule has 29 heavy (non-hydrogen) atoms. The molecule has 8 heteroatoms. The van der Waals surface area contributed by atoms with E-state index < -0.39 is 0 Å². The number of nitrogens with zero attached hydrogens (tertiary/aromatic N) is 3. The lowest BCUT2D eigenvalue weighted by Gasteiger charge is -2.33. The minimum absolute atomic E-state index is 0.180. The third-order valence-electron chi connectivity index (χ3n) is 5.94. The van der Waals surface area contributed by atoms with E-state index in [4.69, 9.17) is 14.2 Å². The second-order valence-corrected chi connectivity index (χ2v) is 7.85. The zero-order valence-electron chi connectivity index (χ0n) is 16.4. The smallest absolute Gasteiger partial charge is 0.256 e. The van der Waals surface area contributed by atoms with Gasteiger partial charge in [-0.3, -0.25) is 4.79 Å². The fraction of sp³-hybridized carbons (Fsp3) is 0.524. The van der Waals surface area contributed by atoms with Gasteiger partial charge in [0.2, 0.25) is 6.79 Å². The molecule has 8 nitrogen and oxygen atoms in total. The summed E-state index contributed by atoms with van der Waals surface area (Å²) < 4.78 is 18.4. The standard InChI is InChI=1S/C21H26N4O4/c26-21(15-3-4-18-19(12-15)29-14-28-18)23-20-5-8-22-25(20)16-6-9-24(10-7-16)13-17-2-1-11-27-17/h3-5,8,12,16-17H,1-2,6-7,9-11,13-14H2,(H,23,26)/t17-/m1/s1. The largest absolute Gasteiger partial charge is 0.454 e. The van der Waals surface area contributed by atoms with Crippen LogP contribution in [-0.4, -0.2) is 59.7 Å². The molecule has 2 aromatic rings. The molecular weight excluding hydrogens is 372 g/mol. The van der Waals surface area contributed by atoms with Gasteiger partial charge in [0, 0.05) is 37.9 Å². The Kier molecular flexibility index (Phi) is 5.12. The summed E-state index contributed by atoms with van der Waals surface area (Å²) in [6.45, 7) is 4.18. The van der Waals surface area contributed by atoms with E-state index in [0.717, 1.165) is 44.9 Å². The van der Waals surface area contributed by atoms with Crippen LogP contribution in [0.15, 0.2) is 30.5 Å². The van der Waals surface area contributed by atoms with E-state index in [9.17, 15) is 4.79 Å². The molecule has 4 heterocycles. The first kappa shape index (κ1) is 18.4. The van der Waals surface area contributed by atoms with Crippen molar-refractivity contribution in [1.82, 2.24) is 14.7 Å². The minimum atomic E-state index is -0.180. The van der Waals surface area contributed by atoms with Crippen molar-refractivity contribution in [1.29, 1.82) is 0 Å². The van der Waals surface area contributed by atoms with Gasteiger partial charge >= 0.3 is 0 Å². The molecule has 0 aliphatic carbocycles. The molecule has 3 aliphatic rings. The Morgan fingerprint density at radius 1 is 1.14 bits per heavy atom. The van der Waals surface area contributed by atoms with Gasteiger partial charge in [0.05, 0.1) is 18.3 Å². The second kappa shape index (κ2) is 8.04. The molecule has 5 rings (SSSR count). The normalized spacial score (nSPS) is 22.1. The molecule has 0 bridgehead atoms. The van der Waals surface area contributed by atoms with E-state index in [1.807, 2.05) is 10.7 Å². The third-order valence-corrected chi connectivity index (χ3v) is 5.94. The number of carbonyl (C=O) groups is 1. The van der Waals surface area contributed by atoms with E-state index in [2.05, 4.69) is 15.3 Å². The van der Waals surface area contributed by atoms with Gasteiger partial charge in [-0.1, -0.05) is 0 Å². The number of hydrogen-bond donors (Lipinski definition) is 1. The molecule has 2 fully saturated rings. The van der Waals surface area contributed by atoms with Gasteiger partial charge in [-0.15, -0.1) is 0 Å². The van der Waals surface area contributed by atoms with Crippen molar-refractivity contribution < 1.29 is 19.0 Å². The van der Waals surface area contributed by atoms with Gasteiger partial charge < -0.3 is 24.4 Å². The molecule has 1 aromatic heterocycles. The first-order valence-corrected chi connectivity index (χ1v) is 10.3. The van der Waals surface area contributed by atoms with Crippen LogP contribution in [0.1, 0.15) is 42.1 Å². The maximum absolute atomic E-state index is 12.7. The fourth-order valence-corrected chi connectivity index (χ4v) is 4.35. The molecule has 1 amide bonds. The number of aromatic nitrogens is 2. The van der Waals surface area contributed by atoms with Crippen LogP contribution in [0.3, 0.4) is 0 Å². The first-order valence-electron chi connectivity index (χ1n) is 10.3. The number of likely N-dealkylation sites (tertiary alicyclic amines) is 1. The van der Waals surface area contributed by atoms with Crippen molar-refractivity contribution >= 4 is 11.7 Å². The van der Waals surface area contributed by atoms with Gasteiger partial charge in [-0.2, -0.15) is 5.10 Å². The van der Waals surface area contributed by atoms with Crippen LogP contribution in [0.4, 0.5) is 5.82 Å². The van der Waals surface area contributed by atoms with Crippen molar-refractivity contribution in [2.24, 2.45) is 0 Å². The van der Waals surface area contributed by atoms with E-state index in [1.165, 1.54) is 12.8 Å². The fourth-order valence-electron chi connectivity index (χ4n) is 4.35. The van der Waals surface area contributed by atoms with Crippen LogP contribution in [-0.2, 0) is 4.74 Å². The molecule has 1 atom stereocenters. The number of fused-ring (bicyclic) bond motifs is 1. The number of ether oxygens (including phenoxy) is 3. The lowest BCUT2D eigenvalue weighted by atomic mass is 10.0. The molecule has 0 saturated carbocycles. The maximum Gasteiger partial charge on any atom is 0.256 e. The number of carbonyl (C=O) groups excluding carboxylic acids is 1. The highest BCUT2D eigenvalue weighted by atomic mass is 16.7. The van der Waals surface area contributed by atoms with Crippen LogP contribution in [0, 0.1) is 0 Å². The summed E-state index contributed by atoms with van der Waals surface area (Å²) in [5.41, 5.74) is 0.536. The average Bonchev–Trinajstić information content (AvgIpc) is 3.50. The van der Waals surface area contributed by atoms with Crippen molar-refractivity contribution in [3.8, 4) is 11.5 Å². The molecule has 1 N–H and O–H groups in total. The Labute approximate surface area is 169 Å². The third kappa shape index (κ3) is 3.95. The monoisotopic (exact) mass is 398 g/mol. The number of hydrogen-bond acceptors (Lipinski definition) is 6. The summed E-state index contributed by atoms with van der Waals surface area (Å²) >= 11 is 0. The van der Waals surface area contributed by atoms with Crippen molar-refractivity contribution in [2.75, 3.05) is 38.4 Å². The van der Waals surface area contributed by atoms with Gasteiger partial charge in [-0.05, 0) is 43.9 Å². The maximum atomic E-state index is 12.7. The van der Waals surface area contributed by atoms with Crippen LogP contribution in [0.25, 0.3) is 0 Å². The zero-order valence-corrected chi connectivity index (χ0v) is 16.4. The quantitative estimate of drug-likeness (QED) is 0.834. The SMILES string of the molecule is O=C(Nc1ccnn1C1CCN(C[C@H]2CCCO2)CC1)c1ccc2c(c1)OCO2. The highest BCUT2D eigenvalue weighted by Crippen LogP contribution is 2.33. The lowest BCUT2D eigenvalue weighted by molar-refractivity contribution is 0.0599. The van der Waals surface area contributed by atoms with Crippen molar-refractivity contribution in [2.45, 2.75) is 37.8 Å². The Bertz CT molecular complexity index is 869. The summed E-state index contributed by atoms with van der Waals surface area (Å²) in [4.78, 5) is 15.2. The first-order chi connectivity index (χ1) is 14.3. The molecule has 154 valence electrons. The van der Waals surface area contributed by atoms with E-state index in [0.29, 0.717) is 23.2 Å². The number of nitrogens with one attached hydrogen (secondary N) is 1. The summed E-state index contributed by atoms with van der Waals surface area (Å²) in [6, 6.07) is 7.36. The molecule has 2 saturated heterocycles. The Hall–Kier alpha value is -2.58. The number of rotatable bonds is 5. The second-order valence-electron chi connectivity index (χ2n) is 7.85. The van der Waals surface area contributed by atoms with Crippen molar-refractivity contribution in [3.63, 3.8) is 0 Å². The van der Waals surface area contributed by atoms with Gasteiger partial charge in [0.1, 0.15) is 5.82 Å².